The Labute approximate surface area is 255 Å². The fraction of sp³-hybridized carbons (Fsp3) is 0.276. The van der Waals surface area contributed by atoms with Gasteiger partial charge in [-0.05, 0) is 54.7 Å². The lowest BCUT2D eigenvalue weighted by Crippen LogP contribution is -3.00. The molecule has 0 spiro atoms. The Morgan fingerprint density at radius 3 is 2.44 bits per heavy atom. The second-order valence-corrected chi connectivity index (χ2v) is 13.3. The number of nitrogens with one attached hydrogen (secondary N) is 1. The number of ketones is 1. The van der Waals surface area contributed by atoms with Crippen LogP contribution in [0.3, 0.4) is 0 Å². The number of thioether (sulfide) groups is 1. The van der Waals surface area contributed by atoms with E-state index < -0.39 is 22.0 Å². The fourth-order valence-corrected chi connectivity index (χ4v) is 6.55. The molecular formula is C29H33ClN4O4S3. The van der Waals surface area contributed by atoms with E-state index in [9.17, 15) is 18.0 Å². The monoisotopic (exact) mass is 632 g/mol. The van der Waals surface area contributed by atoms with Crippen LogP contribution in [0.15, 0.2) is 66.2 Å². The van der Waals surface area contributed by atoms with E-state index in [0.29, 0.717) is 22.9 Å². The third-order valence-corrected chi connectivity index (χ3v) is 9.08. The maximum Gasteiger partial charge on any atom is 0.253 e. The molecule has 41 heavy (non-hydrogen) atoms. The zero-order chi connectivity index (χ0) is 28.9. The summed E-state index contributed by atoms with van der Waals surface area (Å²) < 4.78 is 25.0. The summed E-state index contributed by atoms with van der Waals surface area (Å²) >= 11 is 3.00. The highest BCUT2D eigenvalue weighted by Gasteiger charge is 2.24. The van der Waals surface area contributed by atoms with Crippen LogP contribution in [0.1, 0.15) is 33.0 Å². The Morgan fingerprint density at radius 2 is 1.78 bits per heavy atom. The second-order valence-electron chi connectivity index (χ2n) is 9.54. The molecule has 4 N–H and O–H groups in total. The topological polar surface area (TPSA) is 126 Å². The largest absolute Gasteiger partial charge is 1.00 e. The molecule has 0 aliphatic rings. The Balaban J connectivity index is 0.00000462. The van der Waals surface area contributed by atoms with Crippen LogP contribution in [0.2, 0.25) is 0 Å². The molecule has 0 fully saturated rings. The maximum absolute atomic E-state index is 13.3. The number of hydrogen-bond acceptors (Lipinski definition) is 7. The number of carbonyl (C=O) groups is 2. The number of aryl methyl sites for hydroxylation is 1. The van der Waals surface area contributed by atoms with Crippen molar-refractivity contribution in [2.24, 2.45) is 0 Å². The molecule has 0 saturated carbocycles. The van der Waals surface area contributed by atoms with Crippen LogP contribution < -0.4 is 23.5 Å². The minimum atomic E-state index is -3.53. The number of quaternary nitrogens is 1. The SMILES string of the molecule is CSCC[C@H](NC(=O)c1cc(C)n(S(C)(=O)=O)c1)C(=O)Cc1nc(-c2cccc(-c3cccc(C[NH3+])c3)c2)cs1.[Cl-]. The molecular weight excluding hydrogens is 600 g/mol. The first-order valence-corrected chi connectivity index (χ1v) is 16.9. The van der Waals surface area contributed by atoms with Gasteiger partial charge in [0.05, 0.1) is 36.5 Å². The van der Waals surface area contributed by atoms with Gasteiger partial charge in [0, 0.05) is 28.4 Å². The van der Waals surface area contributed by atoms with Crippen molar-refractivity contribution in [3.05, 3.63) is 88.0 Å². The maximum atomic E-state index is 13.3. The minimum Gasteiger partial charge on any atom is -1.00 e. The molecule has 4 rings (SSSR count). The summed E-state index contributed by atoms with van der Waals surface area (Å²) in [5.41, 5.74) is 9.72. The van der Waals surface area contributed by atoms with Gasteiger partial charge in [-0.15, -0.1) is 11.3 Å². The molecule has 0 bridgehead atoms. The highest BCUT2D eigenvalue weighted by Crippen LogP contribution is 2.28. The van der Waals surface area contributed by atoms with E-state index >= 15 is 0 Å². The number of Topliss-reactive ketones (excluding diaryl/α,β-unsaturated/α-hetero) is 1. The van der Waals surface area contributed by atoms with Crippen LogP contribution in [-0.4, -0.2) is 53.4 Å². The molecule has 2 aromatic heterocycles. The van der Waals surface area contributed by atoms with Crippen molar-refractivity contribution in [1.29, 1.82) is 0 Å². The lowest BCUT2D eigenvalue weighted by molar-refractivity contribution is -0.386. The van der Waals surface area contributed by atoms with Crippen LogP contribution in [0.4, 0.5) is 0 Å². The molecule has 1 atom stereocenters. The molecule has 0 aliphatic carbocycles. The van der Waals surface area contributed by atoms with Gasteiger partial charge < -0.3 is 23.5 Å². The zero-order valence-electron chi connectivity index (χ0n) is 23.1. The molecule has 218 valence electrons. The third-order valence-electron chi connectivity index (χ3n) is 6.48. The summed E-state index contributed by atoms with van der Waals surface area (Å²) in [7, 11) is -3.53. The number of hydrogen-bond donors (Lipinski definition) is 2. The summed E-state index contributed by atoms with van der Waals surface area (Å²) in [6.07, 6.45) is 4.86. The van der Waals surface area contributed by atoms with Crippen LogP contribution in [0.25, 0.3) is 22.4 Å². The van der Waals surface area contributed by atoms with E-state index in [1.807, 2.05) is 29.8 Å². The van der Waals surface area contributed by atoms with Crippen molar-refractivity contribution in [1.82, 2.24) is 14.3 Å². The average Bonchev–Trinajstić information content (AvgIpc) is 3.57. The van der Waals surface area contributed by atoms with Gasteiger partial charge in [-0.1, -0.05) is 36.4 Å². The normalized spacial score (nSPS) is 12.0. The van der Waals surface area contributed by atoms with Gasteiger partial charge in [0.2, 0.25) is 10.0 Å². The Kier molecular flexibility index (Phi) is 11.3. The molecule has 8 nitrogen and oxygen atoms in total. The van der Waals surface area contributed by atoms with Crippen LogP contribution >= 0.6 is 23.1 Å². The Morgan fingerprint density at radius 1 is 1.10 bits per heavy atom. The highest BCUT2D eigenvalue weighted by atomic mass is 35.5. The van der Waals surface area contributed by atoms with Gasteiger partial charge in [0.1, 0.15) is 5.01 Å². The van der Waals surface area contributed by atoms with Gasteiger partial charge in [0.15, 0.2) is 5.78 Å². The molecule has 0 saturated heterocycles. The first-order chi connectivity index (χ1) is 19.1. The van der Waals surface area contributed by atoms with Crippen molar-refractivity contribution in [3.8, 4) is 22.4 Å². The average molecular weight is 633 g/mol. The summed E-state index contributed by atoms with van der Waals surface area (Å²) in [6.45, 7) is 2.34. The van der Waals surface area contributed by atoms with Crippen molar-refractivity contribution in [2.75, 3.05) is 18.3 Å². The predicted octanol–water partition coefficient (Wildman–Crippen LogP) is 0.804. The first-order valence-electron chi connectivity index (χ1n) is 12.7. The zero-order valence-corrected chi connectivity index (χ0v) is 26.3. The summed E-state index contributed by atoms with van der Waals surface area (Å²) in [5.74, 6) is 0.0662. The highest BCUT2D eigenvalue weighted by molar-refractivity contribution is 7.98. The standard InChI is InChI=1S/C29H32N4O4S3.ClH/c1-19-12-24(17-33(19)40(3,36)37)29(35)32-25(10-11-38-2)27(34)15-28-31-26(18-39-28)23-9-5-8-22(14-23)21-7-4-6-20(13-21)16-30;/h4-9,12-14,17-18,25H,10-11,15-16,30H2,1-3H3,(H,32,35);1H/t25-;/m0./s1. The summed E-state index contributed by atoms with van der Waals surface area (Å²) in [4.78, 5) is 31.0. The number of halogens is 1. The second kappa shape index (κ2) is 14.3. The van der Waals surface area contributed by atoms with Gasteiger partial charge in [-0.2, -0.15) is 11.8 Å². The van der Waals surface area contributed by atoms with E-state index in [1.165, 1.54) is 29.2 Å². The number of benzene rings is 2. The van der Waals surface area contributed by atoms with Crippen molar-refractivity contribution in [2.45, 2.75) is 32.4 Å². The number of nitrogens with zero attached hydrogens (tertiary/aromatic N) is 2. The number of rotatable bonds is 12. The van der Waals surface area contributed by atoms with Crippen LogP contribution in [0, 0.1) is 6.92 Å². The van der Waals surface area contributed by atoms with E-state index in [0.717, 1.165) is 39.2 Å². The van der Waals surface area contributed by atoms with E-state index in [4.69, 9.17) is 4.98 Å². The van der Waals surface area contributed by atoms with Crippen molar-refractivity contribution in [3.63, 3.8) is 0 Å². The smallest absolute Gasteiger partial charge is 0.253 e. The van der Waals surface area contributed by atoms with Gasteiger partial charge >= 0.3 is 0 Å². The van der Waals surface area contributed by atoms with E-state index in [1.54, 1.807) is 18.7 Å². The minimum absolute atomic E-state index is 0. The molecule has 12 heteroatoms. The van der Waals surface area contributed by atoms with E-state index in [2.05, 4.69) is 41.4 Å². The summed E-state index contributed by atoms with van der Waals surface area (Å²) in [5, 5.41) is 5.43. The van der Waals surface area contributed by atoms with Crippen LogP contribution in [-0.2, 0) is 27.8 Å². The van der Waals surface area contributed by atoms with Gasteiger partial charge in [-0.3, -0.25) is 9.59 Å². The lowest BCUT2D eigenvalue weighted by atomic mass is 10.0. The fourth-order valence-electron chi connectivity index (χ4n) is 4.39. The summed E-state index contributed by atoms with van der Waals surface area (Å²) in [6, 6.07) is 17.3. The van der Waals surface area contributed by atoms with Gasteiger partial charge in [0.25, 0.3) is 5.91 Å². The molecule has 0 aliphatic heterocycles. The van der Waals surface area contributed by atoms with Crippen LogP contribution in [0.5, 0.6) is 0 Å². The number of thiazole rings is 1. The third kappa shape index (κ3) is 8.30. The molecule has 1 amide bonds. The van der Waals surface area contributed by atoms with Gasteiger partial charge in [-0.25, -0.2) is 17.4 Å². The Bertz CT molecular complexity index is 1630. The molecule has 2 aromatic carbocycles. The predicted molar refractivity (Wildman–Crippen MR) is 162 cm³/mol. The lowest BCUT2D eigenvalue weighted by Gasteiger charge is -2.16. The molecule has 0 radical (unpaired) electrons. The van der Waals surface area contributed by atoms with Crippen molar-refractivity contribution < 1.29 is 36.1 Å². The number of aromatic nitrogens is 2. The quantitative estimate of drug-likeness (QED) is 0.238. The number of amides is 1. The molecule has 0 unspecified atom stereocenters. The number of carbonyl (C=O) groups excluding carboxylic acids is 2. The Hall–Kier alpha value is -2.96. The van der Waals surface area contributed by atoms with E-state index in [-0.39, 0.29) is 30.2 Å². The molecule has 4 aromatic rings. The first kappa shape index (κ1) is 32.6. The van der Waals surface area contributed by atoms with Crippen molar-refractivity contribution >= 4 is 44.8 Å². The molecule has 2 heterocycles.